The Morgan fingerprint density at radius 3 is 2.70 bits per heavy atom. The zero-order valence-electron chi connectivity index (χ0n) is 14.1. The van der Waals surface area contributed by atoms with Crippen LogP contribution < -0.4 is 5.32 Å². The van der Waals surface area contributed by atoms with Crippen molar-refractivity contribution in [1.82, 2.24) is 15.0 Å². The Bertz CT molecular complexity index is 1100. The highest BCUT2D eigenvalue weighted by Gasteiger charge is 2.20. The molecule has 4 aromatic rings. The summed E-state index contributed by atoms with van der Waals surface area (Å²) in [6.07, 6.45) is 1.24. The number of hydrogen-bond acceptors (Lipinski definition) is 6. The predicted molar refractivity (Wildman–Crippen MR) is 105 cm³/mol. The van der Waals surface area contributed by atoms with Gasteiger partial charge in [-0.1, -0.05) is 29.8 Å². The molecule has 4 rings (SSSR count). The van der Waals surface area contributed by atoms with E-state index in [-0.39, 0.29) is 5.76 Å². The van der Waals surface area contributed by atoms with Crippen molar-refractivity contribution < 1.29 is 9.21 Å². The number of nitrogens with zero attached hydrogens (tertiary/aromatic N) is 3. The molecule has 27 heavy (non-hydrogen) atoms. The van der Waals surface area contributed by atoms with Gasteiger partial charge in [-0.3, -0.25) is 15.1 Å². The minimum atomic E-state index is -0.421. The number of nitrogens with one attached hydrogen (secondary N) is 1. The van der Waals surface area contributed by atoms with Crippen LogP contribution in [0, 0.1) is 6.92 Å². The fourth-order valence-electron chi connectivity index (χ4n) is 2.51. The standard InChI is InChI=1S/C19H13ClN4O2S/c1-11-3-2-4-14(22-11)15-9-27-19(23-15)24-18(25)17-16(21-10-26-17)12-5-7-13(20)8-6-12/h2-10H,1H3,(H,23,24,25). The SMILES string of the molecule is Cc1cccc(-c2csc(NC(=O)c3ocnc3-c3ccc(Cl)cc3)n2)n1. The Balaban J connectivity index is 1.56. The van der Waals surface area contributed by atoms with E-state index in [1.807, 2.05) is 30.5 Å². The molecule has 0 bridgehead atoms. The second-order valence-corrected chi connectivity index (χ2v) is 6.99. The second-order valence-electron chi connectivity index (χ2n) is 5.69. The van der Waals surface area contributed by atoms with Gasteiger partial charge in [-0.15, -0.1) is 11.3 Å². The van der Waals surface area contributed by atoms with Crippen LogP contribution in [0.5, 0.6) is 0 Å². The van der Waals surface area contributed by atoms with Crippen molar-refractivity contribution in [2.24, 2.45) is 0 Å². The van der Waals surface area contributed by atoms with Gasteiger partial charge in [0.05, 0.1) is 5.69 Å². The number of benzene rings is 1. The van der Waals surface area contributed by atoms with Crippen LogP contribution in [0.25, 0.3) is 22.6 Å². The predicted octanol–water partition coefficient (Wildman–Crippen LogP) is 5.07. The molecule has 6 nitrogen and oxygen atoms in total. The minimum Gasteiger partial charge on any atom is -0.438 e. The van der Waals surface area contributed by atoms with Crippen molar-refractivity contribution in [3.63, 3.8) is 0 Å². The third-order valence-electron chi connectivity index (χ3n) is 3.77. The van der Waals surface area contributed by atoms with Crippen molar-refractivity contribution in [3.8, 4) is 22.6 Å². The van der Waals surface area contributed by atoms with Crippen LogP contribution in [0.1, 0.15) is 16.2 Å². The number of anilines is 1. The van der Waals surface area contributed by atoms with Crippen LogP contribution in [0.4, 0.5) is 5.13 Å². The smallest absolute Gasteiger partial charge is 0.295 e. The zero-order chi connectivity index (χ0) is 18.8. The topological polar surface area (TPSA) is 80.9 Å². The summed E-state index contributed by atoms with van der Waals surface area (Å²) in [6, 6.07) is 12.7. The number of hydrogen-bond donors (Lipinski definition) is 1. The molecule has 0 saturated heterocycles. The number of aromatic nitrogens is 3. The summed E-state index contributed by atoms with van der Waals surface area (Å²) in [4.78, 5) is 25.6. The van der Waals surface area contributed by atoms with Crippen LogP contribution in [0.3, 0.4) is 0 Å². The van der Waals surface area contributed by atoms with Gasteiger partial charge in [0.25, 0.3) is 5.91 Å². The van der Waals surface area contributed by atoms with Crippen LogP contribution in [-0.2, 0) is 0 Å². The van der Waals surface area contributed by atoms with Gasteiger partial charge in [0.2, 0.25) is 5.76 Å². The monoisotopic (exact) mass is 396 g/mol. The molecule has 0 atom stereocenters. The number of halogens is 1. The lowest BCUT2D eigenvalue weighted by Crippen LogP contribution is -2.12. The Morgan fingerprint density at radius 1 is 1.11 bits per heavy atom. The normalized spacial score (nSPS) is 10.7. The molecule has 0 unspecified atom stereocenters. The molecule has 1 aromatic carbocycles. The lowest BCUT2D eigenvalue weighted by atomic mass is 10.1. The summed E-state index contributed by atoms with van der Waals surface area (Å²) in [5.41, 5.74) is 3.55. The van der Waals surface area contributed by atoms with E-state index in [1.54, 1.807) is 24.3 Å². The average Bonchev–Trinajstić information content (AvgIpc) is 3.32. The molecule has 1 N–H and O–H groups in total. The van der Waals surface area contributed by atoms with Crippen LogP contribution >= 0.6 is 22.9 Å². The first-order valence-corrected chi connectivity index (χ1v) is 9.26. The molecule has 0 aliphatic heterocycles. The summed E-state index contributed by atoms with van der Waals surface area (Å²) < 4.78 is 5.30. The molecule has 0 spiro atoms. The third kappa shape index (κ3) is 3.74. The molecule has 3 aromatic heterocycles. The minimum absolute atomic E-state index is 0.114. The Morgan fingerprint density at radius 2 is 1.93 bits per heavy atom. The highest BCUT2D eigenvalue weighted by atomic mass is 35.5. The Labute approximate surface area is 163 Å². The number of amides is 1. The molecule has 8 heteroatoms. The second kappa shape index (κ2) is 7.30. The van der Waals surface area contributed by atoms with Crippen molar-refractivity contribution in [3.05, 3.63) is 70.7 Å². The molecule has 0 fully saturated rings. The van der Waals surface area contributed by atoms with Crippen LogP contribution in [-0.4, -0.2) is 20.9 Å². The van der Waals surface area contributed by atoms with Crippen LogP contribution in [0.2, 0.25) is 5.02 Å². The molecule has 134 valence electrons. The number of rotatable bonds is 4. The maximum atomic E-state index is 12.6. The summed E-state index contributed by atoms with van der Waals surface area (Å²) in [6.45, 7) is 1.92. The maximum Gasteiger partial charge on any atom is 0.295 e. The lowest BCUT2D eigenvalue weighted by Gasteiger charge is -2.02. The fourth-order valence-corrected chi connectivity index (χ4v) is 3.33. The Kier molecular flexibility index (Phi) is 4.70. The van der Waals surface area contributed by atoms with Gasteiger partial charge in [0.1, 0.15) is 11.4 Å². The van der Waals surface area contributed by atoms with Gasteiger partial charge in [-0.25, -0.2) is 9.97 Å². The van der Waals surface area contributed by atoms with Gasteiger partial charge in [-0.2, -0.15) is 0 Å². The maximum absolute atomic E-state index is 12.6. The quantitative estimate of drug-likeness (QED) is 0.520. The van der Waals surface area contributed by atoms with Crippen LogP contribution in [0.15, 0.2) is 58.7 Å². The Hall–Kier alpha value is -3.03. The van der Waals surface area contributed by atoms with Gasteiger partial charge in [-0.05, 0) is 31.2 Å². The fraction of sp³-hybridized carbons (Fsp3) is 0.0526. The summed E-state index contributed by atoms with van der Waals surface area (Å²) >= 11 is 7.23. The molecule has 0 radical (unpaired) electrons. The van der Waals surface area contributed by atoms with Crippen molar-refractivity contribution in [1.29, 1.82) is 0 Å². The number of aryl methyl sites for hydroxylation is 1. The van der Waals surface area contributed by atoms with Gasteiger partial charge in [0, 0.05) is 21.7 Å². The highest BCUT2D eigenvalue weighted by molar-refractivity contribution is 7.14. The van der Waals surface area contributed by atoms with Crippen molar-refractivity contribution >= 4 is 34.0 Å². The molecule has 3 heterocycles. The van der Waals surface area contributed by atoms with Gasteiger partial charge < -0.3 is 4.42 Å². The number of carbonyl (C=O) groups is 1. The van der Waals surface area contributed by atoms with E-state index in [2.05, 4.69) is 20.3 Å². The van der Waals surface area contributed by atoms with Gasteiger partial charge in [0.15, 0.2) is 11.5 Å². The van der Waals surface area contributed by atoms with E-state index >= 15 is 0 Å². The van der Waals surface area contributed by atoms with E-state index in [0.29, 0.717) is 21.5 Å². The van der Waals surface area contributed by atoms with Crippen molar-refractivity contribution in [2.75, 3.05) is 5.32 Å². The largest absolute Gasteiger partial charge is 0.438 e. The molecular weight excluding hydrogens is 384 g/mol. The van der Waals surface area contributed by atoms with E-state index in [4.69, 9.17) is 16.0 Å². The first-order valence-electron chi connectivity index (χ1n) is 8.00. The first kappa shape index (κ1) is 17.4. The summed E-state index contributed by atoms with van der Waals surface area (Å²) in [5.74, 6) is -0.307. The molecule has 1 amide bonds. The van der Waals surface area contributed by atoms with E-state index in [1.165, 1.54) is 17.7 Å². The average molecular weight is 397 g/mol. The third-order valence-corrected chi connectivity index (χ3v) is 4.78. The van der Waals surface area contributed by atoms with E-state index in [0.717, 1.165) is 17.0 Å². The first-order chi connectivity index (χ1) is 13.1. The molecule has 0 saturated carbocycles. The number of thiazole rings is 1. The zero-order valence-corrected chi connectivity index (χ0v) is 15.7. The van der Waals surface area contributed by atoms with E-state index in [9.17, 15) is 4.79 Å². The highest BCUT2D eigenvalue weighted by Crippen LogP contribution is 2.27. The summed E-state index contributed by atoms with van der Waals surface area (Å²) in [7, 11) is 0. The van der Waals surface area contributed by atoms with Gasteiger partial charge >= 0.3 is 0 Å². The number of oxazole rings is 1. The summed E-state index contributed by atoms with van der Waals surface area (Å²) in [5, 5.41) is 5.66. The lowest BCUT2D eigenvalue weighted by molar-refractivity contribution is 0.0997. The van der Waals surface area contributed by atoms with E-state index < -0.39 is 5.91 Å². The molecule has 0 aliphatic carbocycles. The number of carbonyl (C=O) groups excluding carboxylic acids is 1. The number of pyridine rings is 1. The molecule has 0 aliphatic rings. The van der Waals surface area contributed by atoms with Crippen molar-refractivity contribution in [2.45, 2.75) is 6.92 Å². The molecular formula is C19H13ClN4O2S.